The van der Waals surface area contributed by atoms with Crippen LogP contribution in [0.2, 0.25) is 0 Å². The average molecular weight is 302 g/mol. The van der Waals surface area contributed by atoms with Gasteiger partial charge in [-0.05, 0) is 37.8 Å². The molecule has 1 unspecified atom stereocenters. The van der Waals surface area contributed by atoms with E-state index in [1.807, 2.05) is 0 Å². The molecule has 0 saturated heterocycles. The summed E-state index contributed by atoms with van der Waals surface area (Å²) in [7, 11) is 0. The Balaban J connectivity index is 1.98. The molecule has 4 nitrogen and oxygen atoms in total. The van der Waals surface area contributed by atoms with E-state index in [1.54, 1.807) is 0 Å². The number of rotatable bonds is 6. The van der Waals surface area contributed by atoms with Crippen LogP contribution < -0.4 is 10.6 Å². The predicted molar refractivity (Wildman–Crippen MR) is 94.3 cm³/mol. The lowest BCUT2D eigenvalue weighted by molar-refractivity contribution is 0.178. The summed E-state index contributed by atoms with van der Waals surface area (Å²) in [6, 6.07) is 9.34. The lowest BCUT2D eigenvalue weighted by atomic mass is 9.98. The van der Waals surface area contributed by atoms with Gasteiger partial charge in [0, 0.05) is 32.2 Å². The Bertz CT molecular complexity index is 476. The first-order valence-electron chi connectivity index (χ1n) is 8.61. The minimum Gasteiger partial charge on any atom is -0.357 e. The summed E-state index contributed by atoms with van der Waals surface area (Å²) >= 11 is 0. The standard InChI is InChI=1S/C18H30N4/c1-4-17(13-21-18(19-5-2)20-6-3)22-12-11-15-9-7-8-10-16(15)14-22/h7-10,17H,4-6,11-14H2,1-3H3,(H2,19,20,21). The zero-order valence-electron chi connectivity index (χ0n) is 14.2. The van der Waals surface area contributed by atoms with Crippen LogP contribution in [0.25, 0.3) is 0 Å². The van der Waals surface area contributed by atoms with Gasteiger partial charge in [0.05, 0.1) is 6.54 Å². The summed E-state index contributed by atoms with van der Waals surface area (Å²) in [6.07, 6.45) is 2.29. The monoisotopic (exact) mass is 302 g/mol. The van der Waals surface area contributed by atoms with Crippen LogP contribution in [0, 0.1) is 0 Å². The minimum absolute atomic E-state index is 0.515. The van der Waals surface area contributed by atoms with Crippen LogP contribution >= 0.6 is 0 Å². The second-order valence-corrected chi connectivity index (χ2v) is 5.80. The topological polar surface area (TPSA) is 39.7 Å². The molecule has 0 aliphatic carbocycles. The second kappa shape index (κ2) is 8.79. The van der Waals surface area contributed by atoms with Crippen LogP contribution in [-0.4, -0.2) is 43.1 Å². The number of guanidine groups is 1. The zero-order chi connectivity index (χ0) is 15.8. The molecule has 1 aromatic carbocycles. The van der Waals surface area contributed by atoms with Gasteiger partial charge in [-0.3, -0.25) is 9.89 Å². The maximum atomic E-state index is 4.76. The van der Waals surface area contributed by atoms with Crippen molar-refractivity contribution in [1.29, 1.82) is 0 Å². The minimum atomic E-state index is 0.515. The van der Waals surface area contributed by atoms with Gasteiger partial charge in [-0.25, -0.2) is 0 Å². The van der Waals surface area contributed by atoms with Crippen molar-refractivity contribution in [2.24, 2.45) is 4.99 Å². The molecule has 2 rings (SSSR count). The Morgan fingerprint density at radius 1 is 1.14 bits per heavy atom. The molecule has 4 heteroatoms. The van der Waals surface area contributed by atoms with Crippen molar-refractivity contribution in [1.82, 2.24) is 15.5 Å². The predicted octanol–water partition coefficient (Wildman–Crippen LogP) is 2.40. The van der Waals surface area contributed by atoms with Crippen molar-refractivity contribution in [2.45, 2.75) is 46.2 Å². The molecule has 0 aromatic heterocycles. The Kier molecular flexibility index (Phi) is 6.72. The lowest BCUT2D eigenvalue weighted by Crippen LogP contribution is -2.42. The molecule has 0 fully saturated rings. The number of hydrogen-bond acceptors (Lipinski definition) is 2. The van der Waals surface area contributed by atoms with Crippen molar-refractivity contribution in [3.8, 4) is 0 Å². The first kappa shape index (κ1) is 16.8. The molecule has 1 atom stereocenters. The highest BCUT2D eigenvalue weighted by Gasteiger charge is 2.21. The van der Waals surface area contributed by atoms with Crippen LogP contribution in [0.15, 0.2) is 29.3 Å². The highest BCUT2D eigenvalue weighted by Crippen LogP contribution is 2.21. The van der Waals surface area contributed by atoms with Crippen molar-refractivity contribution in [3.05, 3.63) is 35.4 Å². The molecule has 0 radical (unpaired) electrons. The fourth-order valence-electron chi connectivity index (χ4n) is 3.04. The summed E-state index contributed by atoms with van der Waals surface area (Å²) in [4.78, 5) is 7.34. The van der Waals surface area contributed by atoms with Crippen LogP contribution in [-0.2, 0) is 13.0 Å². The number of benzene rings is 1. The van der Waals surface area contributed by atoms with Crippen LogP contribution in [0.1, 0.15) is 38.3 Å². The van der Waals surface area contributed by atoms with Gasteiger partial charge in [0.15, 0.2) is 5.96 Å². The fourth-order valence-corrected chi connectivity index (χ4v) is 3.04. The smallest absolute Gasteiger partial charge is 0.191 e. The van der Waals surface area contributed by atoms with Crippen LogP contribution in [0.5, 0.6) is 0 Å². The highest BCUT2D eigenvalue weighted by atomic mass is 15.2. The molecular weight excluding hydrogens is 272 g/mol. The number of nitrogens with zero attached hydrogens (tertiary/aromatic N) is 2. The highest BCUT2D eigenvalue weighted by molar-refractivity contribution is 5.79. The maximum absolute atomic E-state index is 4.76. The summed E-state index contributed by atoms with van der Waals surface area (Å²) in [5.41, 5.74) is 2.99. The zero-order valence-corrected chi connectivity index (χ0v) is 14.2. The van der Waals surface area contributed by atoms with Crippen LogP contribution in [0.4, 0.5) is 0 Å². The third-order valence-corrected chi connectivity index (χ3v) is 4.30. The summed E-state index contributed by atoms with van der Waals surface area (Å²) in [5.74, 6) is 0.931. The molecule has 2 N–H and O–H groups in total. The molecule has 0 saturated carbocycles. The Labute approximate surface area is 135 Å². The molecule has 0 bridgehead atoms. The molecule has 1 heterocycles. The van der Waals surface area contributed by atoms with Gasteiger partial charge in [-0.15, -0.1) is 0 Å². The molecule has 1 aromatic rings. The van der Waals surface area contributed by atoms with E-state index in [2.05, 4.69) is 60.6 Å². The van der Waals surface area contributed by atoms with Gasteiger partial charge in [0.2, 0.25) is 0 Å². The molecule has 122 valence electrons. The SMILES string of the molecule is CCNC(=NCC(CC)N1CCc2ccccc2C1)NCC. The third-order valence-electron chi connectivity index (χ3n) is 4.30. The van der Waals surface area contributed by atoms with E-state index in [4.69, 9.17) is 4.99 Å². The van der Waals surface area contributed by atoms with E-state index < -0.39 is 0 Å². The second-order valence-electron chi connectivity index (χ2n) is 5.80. The summed E-state index contributed by atoms with van der Waals surface area (Å²) in [5, 5.41) is 6.60. The third kappa shape index (κ3) is 4.47. The Morgan fingerprint density at radius 2 is 1.82 bits per heavy atom. The number of nitrogens with one attached hydrogen (secondary N) is 2. The molecular formula is C18H30N4. The summed E-state index contributed by atoms with van der Waals surface area (Å²) in [6.45, 7) is 11.3. The van der Waals surface area contributed by atoms with Gasteiger partial charge in [0.25, 0.3) is 0 Å². The van der Waals surface area contributed by atoms with Crippen molar-refractivity contribution >= 4 is 5.96 Å². The molecule has 1 aliphatic heterocycles. The van der Waals surface area contributed by atoms with Gasteiger partial charge in [-0.2, -0.15) is 0 Å². The molecule has 1 aliphatic rings. The number of hydrogen-bond donors (Lipinski definition) is 2. The van der Waals surface area contributed by atoms with E-state index in [1.165, 1.54) is 11.1 Å². The van der Waals surface area contributed by atoms with Gasteiger partial charge in [-0.1, -0.05) is 31.2 Å². The van der Waals surface area contributed by atoms with E-state index in [0.717, 1.165) is 51.5 Å². The van der Waals surface area contributed by atoms with Gasteiger partial charge in [0.1, 0.15) is 0 Å². The molecule has 0 spiro atoms. The lowest BCUT2D eigenvalue weighted by Gasteiger charge is -2.34. The molecule has 0 amide bonds. The van der Waals surface area contributed by atoms with Crippen molar-refractivity contribution < 1.29 is 0 Å². The van der Waals surface area contributed by atoms with Crippen molar-refractivity contribution in [2.75, 3.05) is 26.2 Å². The average Bonchev–Trinajstić information content (AvgIpc) is 2.55. The normalized spacial score (nSPS) is 15.8. The van der Waals surface area contributed by atoms with Crippen LogP contribution in [0.3, 0.4) is 0 Å². The maximum Gasteiger partial charge on any atom is 0.191 e. The van der Waals surface area contributed by atoms with E-state index in [0.29, 0.717) is 6.04 Å². The van der Waals surface area contributed by atoms with E-state index >= 15 is 0 Å². The van der Waals surface area contributed by atoms with E-state index in [9.17, 15) is 0 Å². The number of aliphatic imine (C=N–C) groups is 1. The Hall–Kier alpha value is -1.55. The van der Waals surface area contributed by atoms with Gasteiger partial charge < -0.3 is 10.6 Å². The number of fused-ring (bicyclic) bond motifs is 1. The van der Waals surface area contributed by atoms with E-state index in [-0.39, 0.29) is 0 Å². The fraction of sp³-hybridized carbons (Fsp3) is 0.611. The molecule has 22 heavy (non-hydrogen) atoms. The first-order valence-corrected chi connectivity index (χ1v) is 8.61. The summed E-state index contributed by atoms with van der Waals surface area (Å²) < 4.78 is 0. The largest absolute Gasteiger partial charge is 0.357 e. The quantitative estimate of drug-likeness (QED) is 0.626. The Morgan fingerprint density at radius 3 is 2.45 bits per heavy atom. The first-order chi connectivity index (χ1) is 10.8. The van der Waals surface area contributed by atoms with Crippen molar-refractivity contribution in [3.63, 3.8) is 0 Å². The van der Waals surface area contributed by atoms with Gasteiger partial charge >= 0.3 is 0 Å².